The number of methoxy groups -OCH3 is 1. The Hall–Kier alpha value is -2.86. The van der Waals surface area contributed by atoms with Crippen molar-refractivity contribution in [1.29, 1.82) is 0 Å². The van der Waals surface area contributed by atoms with E-state index in [4.69, 9.17) is 4.74 Å². The molecule has 3 aromatic rings. The van der Waals surface area contributed by atoms with Gasteiger partial charge in [-0.25, -0.2) is 12.8 Å². The Balaban J connectivity index is 2.12. The molecular formula is C21H20FNO3S. The molecule has 0 aromatic heterocycles. The lowest BCUT2D eigenvalue weighted by Gasteiger charge is -2.31. The summed E-state index contributed by atoms with van der Waals surface area (Å²) in [6.07, 6.45) is 0. The highest BCUT2D eigenvalue weighted by Gasteiger charge is 2.30. The van der Waals surface area contributed by atoms with Crippen LogP contribution >= 0.6 is 0 Å². The summed E-state index contributed by atoms with van der Waals surface area (Å²) >= 11 is 0. The molecule has 3 rings (SSSR count). The summed E-state index contributed by atoms with van der Waals surface area (Å²) in [5.74, 6) is 0.145. The van der Waals surface area contributed by atoms with Crippen LogP contribution in [-0.2, 0) is 10.0 Å². The molecule has 0 amide bonds. The lowest BCUT2D eigenvalue weighted by atomic mass is 10.1. The molecule has 0 radical (unpaired) electrons. The molecule has 0 saturated carbocycles. The Morgan fingerprint density at radius 2 is 1.48 bits per heavy atom. The van der Waals surface area contributed by atoms with Crippen molar-refractivity contribution in [3.05, 3.63) is 90.2 Å². The van der Waals surface area contributed by atoms with Gasteiger partial charge in [-0.1, -0.05) is 30.3 Å². The van der Waals surface area contributed by atoms with E-state index in [0.29, 0.717) is 11.4 Å². The van der Waals surface area contributed by atoms with Crippen LogP contribution in [0, 0.1) is 5.82 Å². The average Bonchev–Trinajstić information content (AvgIpc) is 2.69. The number of hydrogen-bond donors (Lipinski definition) is 0. The number of ether oxygens (including phenoxy) is 1. The second-order valence-corrected chi connectivity index (χ2v) is 7.85. The fourth-order valence-corrected chi connectivity index (χ4v) is 4.53. The molecule has 0 N–H and O–H groups in total. The van der Waals surface area contributed by atoms with Crippen molar-refractivity contribution in [3.63, 3.8) is 0 Å². The van der Waals surface area contributed by atoms with Crippen LogP contribution < -0.4 is 9.04 Å². The minimum absolute atomic E-state index is 0.0301. The Morgan fingerprint density at radius 1 is 0.889 bits per heavy atom. The highest BCUT2D eigenvalue weighted by Crippen LogP contribution is 2.34. The summed E-state index contributed by atoms with van der Waals surface area (Å²) in [7, 11) is -2.36. The normalized spacial score (nSPS) is 12.4. The first-order valence-corrected chi connectivity index (χ1v) is 9.86. The number of nitrogens with zero attached hydrogens (tertiary/aromatic N) is 1. The smallest absolute Gasteiger partial charge is 0.264 e. The predicted molar refractivity (Wildman–Crippen MR) is 104 cm³/mol. The summed E-state index contributed by atoms with van der Waals surface area (Å²) in [5, 5.41) is 0. The first kappa shape index (κ1) is 18.9. The van der Waals surface area contributed by atoms with Gasteiger partial charge in [0.05, 0.1) is 23.7 Å². The van der Waals surface area contributed by atoms with E-state index in [2.05, 4.69) is 0 Å². The van der Waals surface area contributed by atoms with Crippen LogP contribution in [-0.4, -0.2) is 15.5 Å². The molecule has 0 spiro atoms. The van der Waals surface area contributed by atoms with Crippen molar-refractivity contribution in [2.45, 2.75) is 17.9 Å². The van der Waals surface area contributed by atoms with Gasteiger partial charge >= 0.3 is 0 Å². The molecule has 0 heterocycles. The fourth-order valence-electron chi connectivity index (χ4n) is 2.89. The van der Waals surface area contributed by atoms with Gasteiger partial charge in [0.2, 0.25) is 0 Å². The van der Waals surface area contributed by atoms with Gasteiger partial charge in [0.25, 0.3) is 10.0 Å². The van der Waals surface area contributed by atoms with Crippen LogP contribution in [0.3, 0.4) is 0 Å². The molecule has 4 nitrogen and oxygen atoms in total. The van der Waals surface area contributed by atoms with Crippen molar-refractivity contribution in [3.8, 4) is 5.75 Å². The van der Waals surface area contributed by atoms with E-state index in [9.17, 15) is 12.8 Å². The SMILES string of the molecule is COc1ccc(N([C@@H](C)c2ccccc2)S(=O)(=O)c2ccc(F)cc2)cc1. The molecule has 0 saturated heterocycles. The predicted octanol–water partition coefficient (Wildman–Crippen LogP) is 4.79. The largest absolute Gasteiger partial charge is 0.497 e. The summed E-state index contributed by atoms with van der Waals surface area (Å²) in [5.41, 5.74) is 1.34. The van der Waals surface area contributed by atoms with E-state index < -0.39 is 21.9 Å². The van der Waals surface area contributed by atoms with Crippen LogP contribution in [0.2, 0.25) is 0 Å². The number of halogens is 1. The van der Waals surface area contributed by atoms with E-state index in [1.165, 1.54) is 16.4 Å². The van der Waals surface area contributed by atoms with Gasteiger partial charge in [-0.15, -0.1) is 0 Å². The highest BCUT2D eigenvalue weighted by atomic mass is 32.2. The number of rotatable bonds is 6. The highest BCUT2D eigenvalue weighted by molar-refractivity contribution is 7.92. The summed E-state index contributed by atoms with van der Waals surface area (Å²) < 4.78 is 46.6. The Kier molecular flexibility index (Phi) is 5.46. The Labute approximate surface area is 158 Å². The van der Waals surface area contributed by atoms with Crippen molar-refractivity contribution >= 4 is 15.7 Å². The molecule has 1 atom stereocenters. The van der Waals surface area contributed by atoms with Crippen molar-refractivity contribution in [2.24, 2.45) is 0 Å². The maximum absolute atomic E-state index is 13.4. The van der Waals surface area contributed by atoms with E-state index >= 15 is 0 Å². The van der Waals surface area contributed by atoms with Gasteiger partial charge in [-0.3, -0.25) is 4.31 Å². The molecule has 0 fully saturated rings. The van der Waals surface area contributed by atoms with Crippen molar-refractivity contribution in [1.82, 2.24) is 0 Å². The summed E-state index contributed by atoms with van der Waals surface area (Å²) in [6, 6.07) is 20.5. The number of anilines is 1. The first-order valence-electron chi connectivity index (χ1n) is 8.42. The fraction of sp³-hybridized carbons (Fsp3) is 0.143. The topological polar surface area (TPSA) is 46.6 Å². The second kappa shape index (κ2) is 7.80. The standard InChI is InChI=1S/C21H20FNO3S/c1-16(17-6-4-3-5-7-17)23(19-10-12-20(26-2)13-11-19)27(24,25)21-14-8-18(22)9-15-21/h3-16H,1-2H3/t16-/m0/s1. The maximum atomic E-state index is 13.4. The van der Waals surface area contributed by atoms with E-state index in [1.807, 2.05) is 37.3 Å². The van der Waals surface area contributed by atoms with Crippen molar-refractivity contribution < 1.29 is 17.5 Å². The van der Waals surface area contributed by atoms with Gasteiger partial charge in [0.15, 0.2) is 0 Å². The maximum Gasteiger partial charge on any atom is 0.264 e. The average molecular weight is 385 g/mol. The molecular weight excluding hydrogens is 365 g/mol. The van der Waals surface area contributed by atoms with Gasteiger partial charge in [-0.2, -0.15) is 0 Å². The molecule has 0 bridgehead atoms. The van der Waals surface area contributed by atoms with Gasteiger partial charge in [0, 0.05) is 0 Å². The third-order valence-corrected chi connectivity index (χ3v) is 6.24. The Morgan fingerprint density at radius 3 is 2.04 bits per heavy atom. The van der Waals surface area contributed by atoms with E-state index in [-0.39, 0.29) is 4.90 Å². The number of benzene rings is 3. The molecule has 140 valence electrons. The lowest BCUT2D eigenvalue weighted by Crippen LogP contribution is -2.33. The quantitative estimate of drug-likeness (QED) is 0.613. The number of sulfonamides is 1. The third-order valence-electron chi connectivity index (χ3n) is 4.33. The molecule has 6 heteroatoms. The summed E-state index contributed by atoms with van der Waals surface area (Å²) in [4.78, 5) is 0.0301. The van der Waals surface area contributed by atoms with Gasteiger partial charge in [-0.05, 0) is 61.0 Å². The van der Waals surface area contributed by atoms with E-state index in [1.54, 1.807) is 31.4 Å². The van der Waals surface area contributed by atoms with Crippen LogP contribution in [0.1, 0.15) is 18.5 Å². The van der Waals surface area contributed by atoms with Crippen LogP contribution in [0.5, 0.6) is 5.75 Å². The zero-order valence-corrected chi connectivity index (χ0v) is 15.9. The van der Waals surface area contributed by atoms with Crippen LogP contribution in [0.25, 0.3) is 0 Å². The van der Waals surface area contributed by atoms with Crippen LogP contribution in [0.15, 0.2) is 83.8 Å². The van der Waals surface area contributed by atoms with Crippen molar-refractivity contribution in [2.75, 3.05) is 11.4 Å². The molecule has 0 aliphatic carbocycles. The van der Waals surface area contributed by atoms with E-state index in [0.717, 1.165) is 17.7 Å². The first-order chi connectivity index (χ1) is 12.9. The molecule has 27 heavy (non-hydrogen) atoms. The van der Waals surface area contributed by atoms with Gasteiger partial charge in [0.1, 0.15) is 11.6 Å². The molecule has 3 aromatic carbocycles. The molecule has 0 unspecified atom stereocenters. The lowest BCUT2D eigenvalue weighted by molar-refractivity contribution is 0.415. The Bertz CT molecular complexity index is 988. The second-order valence-electron chi connectivity index (χ2n) is 6.04. The van der Waals surface area contributed by atoms with Crippen LogP contribution in [0.4, 0.5) is 10.1 Å². The molecule has 0 aliphatic rings. The number of hydrogen-bond acceptors (Lipinski definition) is 3. The zero-order chi connectivity index (χ0) is 19.4. The summed E-state index contributed by atoms with van der Waals surface area (Å²) in [6.45, 7) is 1.82. The van der Waals surface area contributed by atoms with Gasteiger partial charge < -0.3 is 4.74 Å². The molecule has 0 aliphatic heterocycles. The third kappa shape index (κ3) is 3.95. The monoisotopic (exact) mass is 385 g/mol. The minimum Gasteiger partial charge on any atom is -0.497 e. The zero-order valence-electron chi connectivity index (χ0n) is 15.0. The minimum atomic E-state index is -3.91.